The summed E-state index contributed by atoms with van der Waals surface area (Å²) >= 11 is 6.02. The number of nitrogens with zero attached hydrogens (tertiary/aromatic N) is 1. The molecule has 1 saturated heterocycles. The Kier molecular flexibility index (Phi) is 2.11. The van der Waals surface area contributed by atoms with Crippen LogP contribution in [0.2, 0.25) is 5.02 Å². The van der Waals surface area contributed by atoms with E-state index in [1.807, 2.05) is 30.1 Å². The monoisotopic (exact) mass is 236 g/mol. The second-order valence-corrected chi connectivity index (χ2v) is 4.96. The molecule has 1 fully saturated rings. The highest BCUT2D eigenvalue weighted by Crippen LogP contribution is 2.43. The van der Waals surface area contributed by atoms with Crippen LogP contribution in [-0.4, -0.2) is 24.4 Å². The molecule has 1 aromatic rings. The maximum Gasteiger partial charge on any atom is 0.223 e. The Morgan fingerprint density at radius 3 is 3.12 bits per heavy atom. The number of nitrogens with one attached hydrogen (secondary N) is 1. The first-order valence-corrected chi connectivity index (χ1v) is 5.83. The van der Waals surface area contributed by atoms with Crippen molar-refractivity contribution in [2.24, 2.45) is 5.92 Å². The van der Waals surface area contributed by atoms with Crippen molar-refractivity contribution in [2.75, 3.05) is 18.9 Å². The molecule has 2 aliphatic heterocycles. The van der Waals surface area contributed by atoms with E-state index in [-0.39, 0.29) is 11.9 Å². The van der Waals surface area contributed by atoms with E-state index in [4.69, 9.17) is 11.6 Å². The van der Waals surface area contributed by atoms with E-state index < -0.39 is 0 Å². The summed E-state index contributed by atoms with van der Waals surface area (Å²) in [6.07, 6.45) is 0.639. The average molecular weight is 237 g/mol. The van der Waals surface area contributed by atoms with E-state index in [1.165, 1.54) is 0 Å². The first-order valence-electron chi connectivity index (χ1n) is 5.46. The smallest absolute Gasteiger partial charge is 0.223 e. The summed E-state index contributed by atoms with van der Waals surface area (Å²) in [5.74, 6) is 0.605. The molecule has 0 aliphatic carbocycles. The second-order valence-electron chi connectivity index (χ2n) is 4.53. The Hall–Kier alpha value is -1.22. The summed E-state index contributed by atoms with van der Waals surface area (Å²) in [7, 11) is 1.88. The van der Waals surface area contributed by atoms with Crippen LogP contribution in [0.25, 0.3) is 0 Å². The van der Waals surface area contributed by atoms with Crippen LogP contribution in [0.1, 0.15) is 18.0 Å². The molecule has 3 nitrogen and oxygen atoms in total. The van der Waals surface area contributed by atoms with Crippen molar-refractivity contribution >= 4 is 23.2 Å². The largest absolute Gasteiger partial charge is 0.384 e. The van der Waals surface area contributed by atoms with E-state index >= 15 is 0 Å². The van der Waals surface area contributed by atoms with Crippen molar-refractivity contribution < 1.29 is 4.79 Å². The molecule has 16 heavy (non-hydrogen) atoms. The maximum atomic E-state index is 11.7. The molecule has 0 radical (unpaired) electrons. The summed E-state index contributed by atoms with van der Waals surface area (Å²) in [4.78, 5) is 13.5. The summed E-state index contributed by atoms with van der Waals surface area (Å²) in [5, 5.41) is 4.10. The molecule has 1 aromatic carbocycles. The Balaban J connectivity index is 2.10. The number of benzene rings is 1. The molecule has 2 heterocycles. The number of hydrogen-bond donors (Lipinski definition) is 1. The van der Waals surface area contributed by atoms with Gasteiger partial charge in [0, 0.05) is 36.6 Å². The lowest BCUT2D eigenvalue weighted by Gasteiger charge is -2.32. The van der Waals surface area contributed by atoms with Crippen molar-refractivity contribution in [1.82, 2.24) is 4.90 Å². The molecule has 3 rings (SSSR count). The van der Waals surface area contributed by atoms with Gasteiger partial charge in [-0.3, -0.25) is 4.79 Å². The van der Waals surface area contributed by atoms with Gasteiger partial charge in [-0.25, -0.2) is 0 Å². The highest BCUT2D eigenvalue weighted by atomic mass is 35.5. The molecule has 0 bridgehead atoms. The van der Waals surface area contributed by atoms with E-state index in [9.17, 15) is 4.79 Å². The van der Waals surface area contributed by atoms with Gasteiger partial charge in [-0.05, 0) is 23.8 Å². The number of rotatable bonds is 0. The summed E-state index contributed by atoms with van der Waals surface area (Å²) in [6.45, 7) is 0.870. The standard InChI is InChI=1S/C12H13ClN2O/c1-15-11(16)4-7-6-14-10-3-2-8(13)5-9(10)12(7)15/h2-3,5,7,12,14H,4,6H2,1H3. The zero-order chi connectivity index (χ0) is 11.3. The second kappa shape index (κ2) is 3.39. The first-order chi connectivity index (χ1) is 7.66. The number of carbonyl (C=O) groups excluding carboxylic acids is 1. The van der Waals surface area contributed by atoms with Crippen LogP contribution in [0.15, 0.2) is 18.2 Å². The van der Waals surface area contributed by atoms with Crippen molar-refractivity contribution in [2.45, 2.75) is 12.5 Å². The van der Waals surface area contributed by atoms with Crippen LogP contribution in [-0.2, 0) is 4.79 Å². The van der Waals surface area contributed by atoms with Gasteiger partial charge in [0.1, 0.15) is 0 Å². The van der Waals surface area contributed by atoms with Crippen molar-refractivity contribution in [3.8, 4) is 0 Å². The van der Waals surface area contributed by atoms with Gasteiger partial charge in [0.25, 0.3) is 0 Å². The van der Waals surface area contributed by atoms with Gasteiger partial charge in [0.15, 0.2) is 0 Å². The number of likely N-dealkylation sites (tertiary alicyclic amines) is 1. The number of amides is 1. The Labute approximate surface area is 99.4 Å². The molecule has 0 aromatic heterocycles. The third kappa shape index (κ3) is 1.31. The lowest BCUT2D eigenvalue weighted by molar-refractivity contribution is -0.127. The topological polar surface area (TPSA) is 32.3 Å². The van der Waals surface area contributed by atoms with Crippen LogP contribution in [0.5, 0.6) is 0 Å². The Morgan fingerprint density at radius 2 is 2.31 bits per heavy atom. The minimum atomic E-state index is 0.197. The summed E-state index contributed by atoms with van der Waals surface area (Å²) in [5.41, 5.74) is 2.25. The molecule has 4 heteroatoms. The van der Waals surface area contributed by atoms with Gasteiger partial charge in [0.05, 0.1) is 6.04 Å². The summed E-state index contributed by atoms with van der Waals surface area (Å²) < 4.78 is 0. The fourth-order valence-corrected chi connectivity index (χ4v) is 2.96. The lowest BCUT2D eigenvalue weighted by atomic mass is 9.89. The first kappa shape index (κ1) is 9.97. The van der Waals surface area contributed by atoms with Crippen molar-refractivity contribution in [3.05, 3.63) is 28.8 Å². The number of halogens is 1. The third-order valence-corrected chi connectivity index (χ3v) is 3.82. The molecule has 2 aliphatic rings. The maximum absolute atomic E-state index is 11.7. The highest BCUT2D eigenvalue weighted by molar-refractivity contribution is 6.30. The van der Waals surface area contributed by atoms with Gasteiger partial charge >= 0.3 is 0 Å². The Bertz CT molecular complexity index is 460. The van der Waals surface area contributed by atoms with Crippen LogP contribution in [0.4, 0.5) is 5.69 Å². The quantitative estimate of drug-likeness (QED) is 0.750. The minimum absolute atomic E-state index is 0.197. The van der Waals surface area contributed by atoms with E-state index in [0.717, 1.165) is 22.8 Å². The predicted octanol–water partition coefficient (Wildman–Crippen LogP) is 2.28. The Morgan fingerprint density at radius 1 is 1.50 bits per heavy atom. The zero-order valence-electron chi connectivity index (χ0n) is 9.03. The summed E-state index contributed by atoms with van der Waals surface area (Å²) in [6, 6.07) is 6.03. The van der Waals surface area contributed by atoms with E-state index in [1.54, 1.807) is 0 Å². The van der Waals surface area contributed by atoms with Crippen molar-refractivity contribution in [3.63, 3.8) is 0 Å². The van der Waals surface area contributed by atoms with Gasteiger partial charge < -0.3 is 10.2 Å². The molecular weight excluding hydrogens is 224 g/mol. The number of fused-ring (bicyclic) bond motifs is 3. The fraction of sp³-hybridized carbons (Fsp3) is 0.417. The third-order valence-electron chi connectivity index (χ3n) is 3.58. The molecule has 84 valence electrons. The van der Waals surface area contributed by atoms with Crippen LogP contribution in [0.3, 0.4) is 0 Å². The number of carbonyl (C=O) groups is 1. The average Bonchev–Trinajstić information content (AvgIpc) is 2.55. The van der Waals surface area contributed by atoms with Crippen LogP contribution < -0.4 is 5.32 Å². The molecular formula is C12H13ClN2O. The van der Waals surface area contributed by atoms with Gasteiger partial charge in [-0.2, -0.15) is 0 Å². The molecule has 2 unspecified atom stereocenters. The van der Waals surface area contributed by atoms with Gasteiger partial charge in [-0.15, -0.1) is 0 Å². The molecule has 0 spiro atoms. The fourth-order valence-electron chi connectivity index (χ4n) is 2.78. The van der Waals surface area contributed by atoms with Crippen molar-refractivity contribution in [1.29, 1.82) is 0 Å². The van der Waals surface area contributed by atoms with Crippen LogP contribution in [0, 0.1) is 5.92 Å². The van der Waals surface area contributed by atoms with Gasteiger partial charge in [0.2, 0.25) is 5.91 Å². The predicted molar refractivity (Wildman–Crippen MR) is 63.6 cm³/mol. The molecule has 2 atom stereocenters. The normalized spacial score (nSPS) is 27.4. The zero-order valence-corrected chi connectivity index (χ0v) is 9.79. The highest BCUT2D eigenvalue weighted by Gasteiger charge is 2.41. The van der Waals surface area contributed by atoms with E-state index in [0.29, 0.717) is 12.3 Å². The van der Waals surface area contributed by atoms with Crippen LogP contribution >= 0.6 is 11.6 Å². The number of anilines is 1. The SMILES string of the molecule is CN1C(=O)CC2CNc3ccc(Cl)cc3C21. The number of hydrogen-bond acceptors (Lipinski definition) is 2. The molecule has 1 amide bonds. The molecule has 0 saturated carbocycles. The molecule has 1 N–H and O–H groups in total. The van der Waals surface area contributed by atoms with Gasteiger partial charge in [-0.1, -0.05) is 11.6 Å². The van der Waals surface area contributed by atoms with E-state index in [2.05, 4.69) is 5.32 Å². The lowest BCUT2D eigenvalue weighted by Crippen LogP contribution is -2.30. The minimum Gasteiger partial charge on any atom is -0.384 e.